The van der Waals surface area contributed by atoms with E-state index in [1.807, 2.05) is 0 Å². The Labute approximate surface area is 189 Å². The molecule has 0 bridgehead atoms. The van der Waals surface area contributed by atoms with Crippen LogP contribution in [-0.2, 0) is 23.9 Å². The quantitative estimate of drug-likeness (QED) is 0.558. The van der Waals surface area contributed by atoms with Gasteiger partial charge in [-0.25, -0.2) is 9.29 Å². The van der Waals surface area contributed by atoms with Crippen molar-refractivity contribution in [1.82, 2.24) is 10.2 Å². The lowest BCUT2D eigenvalue weighted by molar-refractivity contribution is -0.154. The number of para-hydroxylation sites is 1. The Balaban J connectivity index is 1.71. The fourth-order valence-electron chi connectivity index (χ4n) is 5.65. The molecular formula is C24H22FN3O5. The van der Waals surface area contributed by atoms with Gasteiger partial charge in [-0.1, -0.05) is 30.3 Å². The zero-order chi connectivity index (χ0) is 23.3. The van der Waals surface area contributed by atoms with Gasteiger partial charge in [0.1, 0.15) is 11.4 Å². The van der Waals surface area contributed by atoms with E-state index in [0.717, 1.165) is 4.90 Å². The van der Waals surface area contributed by atoms with E-state index in [2.05, 4.69) is 5.32 Å². The highest BCUT2D eigenvalue weighted by molar-refractivity contribution is 6.24. The maximum absolute atomic E-state index is 13.8. The number of piperazine rings is 1. The molecule has 0 radical (unpaired) electrons. The van der Waals surface area contributed by atoms with Gasteiger partial charge in [0.15, 0.2) is 0 Å². The average Bonchev–Trinajstić information content (AvgIpc) is 3.26. The second-order valence-corrected chi connectivity index (χ2v) is 8.47. The minimum Gasteiger partial charge on any atom is -0.469 e. The summed E-state index contributed by atoms with van der Waals surface area (Å²) in [5.74, 6) is -4.59. The fourth-order valence-corrected chi connectivity index (χ4v) is 5.65. The predicted octanol–water partition coefficient (Wildman–Crippen LogP) is 1.42. The molecule has 5 rings (SSSR count). The number of esters is 1. The summed E-state index contributed by atoms with van der Waals surface area (Å²) in [7, 11) is 1.21. The van der Waals surface area contributed by atoms with Gasteiger partial charge in [0.25, 0.3) is 0 Å². The third-order valence-electron chi connectivity index (χ3n) is 6.95. The molecule has 0 spiro atoms. The Hall–Kier alpha value is -3.59. The van der Waals surface area contributed by atoms with Crippen LogP contribution in [0.1, 0.15) is 18.0 Å². The maximum atomic E-state index is 13.8. The number of fused-ring (bicyclic) bond motifs is 3. The summed E-state index contributed by atoms with van der Waals surface area (Å²) in [5, 5.41) is 2.78. The van der Waals surface area contributed by atoms with Gasteiger partial charge in [0, 0.05) is 19.1 Å². The molecular weight excluding hydrogens is 429 g/mol. The van der Waals surface area contributed by atoms with Gasteiger partial charge in [-0.05, 0) is 29.8 Å². The molecule has 170 valence electrons. The number of ether oxygens (including phenoxy) is 1. The van der Waals surface area contributed by atoms with Crippen molar-refractivity contribution in [3.05, 3.63) is 66.0 Å². The highest BCUT2D eigenvalue weighted by Gasteiger charge is 2.73. The molecule has 0 saturated carbocycles. The van der Waals surface area contributed by atoms with Crippen LogP contribution >= 0.6 is 0 Å². The number of hydrogen-bond donors (Lipinski definition) is 1. The van der Waals surface area contributed by atoms with Gasteiger partial charge in [0.05, 0.1) is 31.1 Å². The van der Waals surface area contributed by atoms with Gasteiger partial charge < -0.3 is 10.1 Å². The van der Waals surface area contributed by atoms with Crippen LogP contribution in [0, 0.1) is 17.7 Å². The SMILES string of the molecule is COC(=O)C[C@]12C(=O)NCCN1[C@H](c1ccc(F)cc1)[C@H]1C(=O)N(c3ccccc3)C(=O)[C@@H]12. The third kappa shape index (κ3) is 2.99. The summed E-state index contributed by atoms with van der Waals surface area (Å²) in [4.78, 5) is 56.3. The normalized spacial score (nSPS) is 29.0. The molecule has 3 aliphatic heterocycles. The number of nitrogens with one attached hydrogen (secondary N) is 1. The van der Waals surface area contributed by atoms with Crippen LogP contribution < -0.4 is 10.2 Å². The number of carbonyl (C=O) groups excluding carboxylic acids is 4. The lowest BCUT2D eigenvalue weighted by atomic mass is 9.76. The van der Waals surface area contributed by atoms with E-state index in [-0.39, 0.29) is 6.42 Å². The number of carbonyl (C=O) groups is 4. The van der Waals surface area contributed by atoms with Crippen LogP contribution in [0.3, 0.4) is 0 Å². The first-order valence-corrected chi connectivity index (χ1v) is 10.7. The molecule has 3 aliphatic rings. The zero-order valence-electron chi connectivity index (χ0n) is 17.9. The second kappa shape index (κ2) is 7.77. The maximum Gasteiger partial charge on any atom is 0.307 e. The summed E-state index contributed by atoms with van der Waals surface area (Å²) in [6, 6.07) is 13.5. The average molecular weight is 451 g/mol. The number of halogens is 1. The standard InChI is InChI=1S/C24H22FN3O5/c1-33-17(29)13-24-19-18(21(30)28(22(19)31)16-5-3-2-4-6-16)20(14-7-9-15(25)10-8-14)27(24)12-11-26-23(24)32/h2-10,18-20H,11-13H2,1H3,(H,26,32)/t18-,19+,20+,24-/m0/s1. The monoisotopic (exact) mass is 451 g/mol. The van der Waals surface area contributed by atoms with E-state index < -0.39 is 52.9 Å². The van der Waals surface area contributed by atoms with E-state index >= 15 is 0 Å². The molecule has 2 aromatic carbocycles. The molecule has 3 heterocycles. The van der Waals surface area contributed by atoms with E-state index in [1.165, 1.54) is 19.2 Å². The van der Waals surface area contributed by atoms with Crippen LogP contribution in [0.25, 0.3) is 0 Å². The molecule has 1 N–H and O–H groups in total. The Morgan fingerprint density at radius 1 is 1.09 bits per heavy atom. The first kappa shape index (κ1) is 21.3. The molecule has 8 nitrogen and oxygen atoms in total. The number of benzene rings is 2. The Morgan fingerprint density at radius 3 is 2.45 bits per heavy atom. The van der Waals surface area contributed by atoms with Crippen molar-refractivity contribution in [3.63, 3.8) is 0 Å². The van der Waals surface area contributed by atoms with Crippen molar-refractivity contribution in [2.75, 3.05) is 25.1 Å². The highest BCUT2D eigenvalue weighted by Crippen LogP contribution is 2.57. The van der Waals surface area contributed by atoms with Gasteiger partial charge in [-0.3, -0.25) is 24.1 Å². The summed E-state index contributed by atoms with van der Waals surface area (Å²) >= 11 is 0. The topological polar surface area (TPSA) is 96.0 Å². The molecule has 3 amide bonds. The van der Waals surface area contributed by atoms with Crippen LogP contribution in [0.15, 0.2) is 54.6 Å². The minimum absolute atomic E-state index is 0.295. The van der Waals surface area contributed by atoms with Crippen molar-refractivity contribution >= 4 is 29.4 Å². The third-order valence-corrected chi connectivity index (χ3v) is 6.95. The largest absolute Gasteiger partial charge is 0.469 e. The van der Waals surface area contributed by atoms with Gasteiger partial charge >= 0.3 is 5.97 Å². The first-order chi connectivity index (χ1) is 15.9. The Kier molecular flexibility index (Phi) is 5.01. The van der Waals surface area contributed by atoms with Crippen LogP contribution in [0.2, 0.25) is 0 Å². The van der Waals surface area contributed by atoms with E-state index in [4.69, 9.17) is 4.74 Å². The molecule has 33 heavy (non-hydrogen) atoms. The van der Waals surface area contributed by atoms with E-state index in [1.54, 1.807) is 47.4 Å². The highest BCUT2D eigenvalue weighted by atomic mass is 19.1. The first-order valence-electron chi connectivity index (χ1n) is 10.7. The Bertz CT molecular complexity index is 1140. The number of amides is 3. The van der Waals surface area contributed by atoms with E-state index in [9.17, 15) is 23.6 Å². The van der Waals surface area contributed by atoms with Crippen LogP contribution in [0.5, 0.6) is 0 Å². The number of methoxy groups -OCH3 is 1. The minimum atomic E-state index is -1.59. The molecule has 9 heteroatoms. The summed E-state index contributed by atoms with van der Waals surface area (Å²) in [5.41, 5.74) is -0.592. The lowest BCUT2D eigenvalue weighted by Gasteiger charge is -2.45. The number of anilines is 1. The van der Waals surface area contributed by atoms with Crippen molar-refractivity contribution in [3.8, 4) is 0 Å². The van der Waals surface area contributed by atoms with Gasteiger partial charge in [0.2, 0.25) is 17.7 Å². The van der Waals surface area contributed by atoms with E-state index in [0.29, 0.717) is 24.3 Å². The van der Waals surface area contributed by atoms with Crippen molar-refractivity contribution in [1.29, 1.82) is 0 Å². The smallest absolute Gasteiger partial charge is 0.307 e. The van der Waals surface area contributed by atoms with Gasteiger partial charge in [-0.15, -0.1) is 0 Å². The Morgan fingerprint density at radius 2 is 1.79 bits per heavy atom. The molecule has 2 aromatic rings. The molecule has 0 unspecified atom stereocenters. The van der Waals surface area contributed by atoms with Crippen LogP contribution in [0.4, 0.5) is 10.1 Å². The van der Waals surface area contributed by atoms with Crippen molar-refractivity contribution in [2.45, 2.75) is 18.0 Å². The summed E-state index contributed by atoms with van der Waals surface area (Å²) in [6.07, 6.45) is -0.379. The molecule has 0 aliphatic carbocycles. The molecule has 3 saturated heterocycles. The van der Waals surface area contributed by atoms with Crippen molar-refractivity contribution < 1.29 is 28.3 Å². The predicted molar refractivity (Wildman–Crippen MR) is 114 cm³/mol. The molecule has 3 fully saturated rings. The van der Waals surface area contributed by atoms with Crippen molar-refractivity contribution in [2.24, 2.45) is 11.8 Å². The fraction of sp³-hybridized carbons (Fsp3) is 0.333. The summed E-state index contributed by atoms with van der Waals surface area (Å²) < 4.78 is 18.6. The molecule has 0 aromatic heterocycles. The number of rotatable bonds is 4. The number of hydrogen-bond acceptors (Lipinski definition) is 6. The molecule has 4 atom stereocenters. The second-order valence-electron chi connectivity index (χ2n) is 8.47. The lowest BCUT2D eigenvalue weighted by Crippen LogP contribution is -2.67. The number of nitrogens with zero attached hydrogens (tertiary/aromatic N) is 2. The summed E-state index contributed by atoms with van der Waals surface area (Å²) in [6.45, 7) is 0.618. The number of imide groups is 1. The van der Waals surface area contributed by atoms with Gasteiger partial charge in [-0.2, -0.15) is 0 Å². The zero-order valence-corrected chi connectivity index (χ0v) is 17.9. The van der Waals surface area contributed by atoms with Crippen LogP contribution in [-0.4, -0.2) is 54.3 Å².